The van der Waals surface area contributed by atoms with Crippen LogP contribution in [0.25, 0.3) is 0 Å². The highest BCUT2D eigenvalue weighted by Crippen LogP contribution is 2.26. The summed E-state index contributed by atoms with van der Waals surface area (Å²) in [6.45, 7) is 3.96. The predicted molar refractivity (Wildman–Crippen MR) is 59.9 cm³/mol. The van der Waals surface area contributed by atoms with Crippen molar-refractivity contribution in [2.45, 2.75) is 19.9 Å². The van der Waals surface area contributed by atoms with Crippen LogP contribution in [0.5, 0.6) is 5.75 Å². The highest BCUT2D eigenvalue weighted by Gasteiger charge is 2.12. The Morgan fingerprint density at radius 2 is 2.00 bits per heavy atom. The molecule has 15 heavy (non-hydrogen) atoms. The lowest BCUT2D eigenvalue weighted by Crippen LogP contribution is -2.15. The molecule has 0 spiro atoms. The molecule has 3 heteroatoms. The van der Waals surface area contributed by atoms with Crippen LogP contribution in [0.15, 0.2) is 12.1 Å². The van der Waals surface area contributed by atoms with Crippen LogP contribution in [-0.2, 0) is 0 Å². The molecule has 1 aromatic rings. The molecule has 80 valence electrons. The van der Waals surface area contributed by atoms with Crippen molar-refractivity contribution in [2.24, 2.45) is 0 Å². The maximum absolute atomic E-state index is 8.98. The fourth-order valence-electron chi connectivity index (χ4n) is 1.63. The summed E-state index contributed by atoms with van der Waals surface area (Å²) < 4.78 is 5.22. The van der Waals surface area contributed by atoms with Crippen LogP contribution in [0.3, 0.4) is 0 Å². The number of nitriles is 1. The fourth-order valence-corrected chi connectivity index (χ4v) is 1.63. The van der Waals surface area contributed by atoms with E-state index in [9.17, 15) is 0 Å². The number of nitrogens with zero attached hydrogens (tertiary/aromatic N) is 1. The number of methoxy groups -OCH3 is 1. The van der Waals surface area contributed by atoms with Gasteiger partial charge in [0, 0.05) is 0 Å². The first kappa shape index (κ1) is 11.5. The van der Waals surface area contributed by atoms with Crippen molar-refractivity contribution in [1.29, 1.82) is 5.26 Å². The molecule has 0 aliphatic heterocycles. The third-order valence-electron chi connectivity index (χ3n) is 2.51. The van der Waals surface area contributed by atoms with Gasteiger partial charge in [0.25, 0.3) is 0 Å². The molecule has 0 saturated heterocycles. The van der Waals surface area contributed by atoms with Crippen molar-refractivity contribution in [3.63, 3.8) is 0 Å². The minimum Gasteiger partial charge on any atom is -0.496 e. The third kappa shape index (κ3) is 2.28. The first-order valence-electron chi connectivity index (χ1n) is 4.86. The standard InChI is InChI=1S/C12H16N2O/c1-8-6-12(15-4)9(2)5-10(8)11(7-13)14-3/h5-6,11,14H,1-4H3. The zero-order chi connectivity index (χ0) is 11.4. The molecule has 0 heterocycles. The highest BCUT2D eigenvalue weighted by molar-refractivity contribution is 5.44. The van der Waals surface area contributed by atoms with Crippen LogP contribution in [0.1, 0.15) is 22.7 Å². The maximum Gasteiger partial charge on any atom is 0.122 e. The molecule has 3 nitrogen and oxygen atoms in total. The van der Waals surface area contributed by atoms with E-state index in [-0.39, 0.29) is 6.04 Å². The number of benzene rings is 1. The van der Waals surface area contributed by atoms with E-state index in [1.54, 1.807) is 14.2 Å². The lowest BCUT2D eigenvalue weighted by atomic mass is 9.99. The Bertz CT molecular complexity index is 393. The largest absolute Gasteiger partial charge is 0.496 e. The molecule has 1 rings (SSSR count). The monoisotopic (exact) mass is 204 g/mol. The van der Waals surface area contributed by atoms with Gasteiger partial charge >= 0.3 is 0 Å². The summed E-state index contributed by atoms with van der Waals surface area (Å²) in [5, 5.41) is 11.9. The Labute approximate surface area is 90.7 Å². The predicted octanol–water partition coefficient (Wildman–Crippen LogP) is 2.10. The third-order valence-corrected chi connectivity index (χ3v) is 2.51. The fraction of sp³-hybridized carbons (Fsp3) is 0.417. The SMILES string of the molecule is CNC(C#N)c1cc(C)c(OC)cc1C. The first-order valence-corrected chi connectivity index (χ1v) is 4.86. The van der Waals surface area contributed by atoms with Crippen LogP contribution in [-0.4, -0.2) is 14.2 Å². The van der Waals surface area contributed by atoms with Crippen molar-refractivity contribution in [3.8, 4) is 11.8 Å². The molecule has 0 amide bonds. The molecule has 1 aromatic carbocycles. The van der Waals surface area contributed by atoms with E-state index < -0.39 is 0 Å². The van der Waals surface area contributed by atoms with E-state index in [2.05, 4.69) is 11.4 Å². The Morgan fingerprint density at radius 1 is 1.33 bits per heavy atom. The highest BCUT2D eigenvalue weighted by atomic mass is 16.5. The molecule has 0 aliphatic carbocycles. The second-order valence-electron chi connectivity index (χ2n) is 3.53. The van der Waals surface area contributed by atoms with Gasteiger partial charge in [-0.1, -0.05) is 0 Å². The Hall–Kier alpha value is -1.53. The average molecular weight is 204 g/mol. The van der Waals surface area contributed by atoms with Crippen molar-refractivity contribution in [1.82, 2.24) is 5.32 Å². The number of nitrogens with one attached hydrogen (secondary N) is 1. The Balaban J connectivity index is 3.22. The number of aryl methyl sites for hydroxylation is 2. The summed E-state index contributed by atoms with van der Waals surface area (Å²) in [5.74, 6) is 0.865. The van der Waals surface area contributed by atoms with Gasteiger partial charge in [-0.2, -0.15) is 5.26 Å². The first-order chi connectivity index (χ1) is 7.13. The van der Waals surface area contributed by atoms with Crippen molar-refractivity contribution in [2.75, 3.05) is 14.2 Å². The van der Waals surface area contributed by atoms with Crippen molar-refractivity contribution >= 4 is 0 Å². The van der Waals surface area contributed by atoms with E-state index in [0.29, 0.717) is 0 Å². The van der Waals surface area contributed by atoms with Gasteiger partial charge < -0.3 is 10.1 Å². The van der Waals surface area contributed by atoms with Gasteiger partial charge in [-0.25, -0.2) is 0 Å². The zero-order valence-electron chi connectivity index (χ0n) is 9.59. The van der Waals surface area contributed by atoms with Crippen LogP contribution in [0, 0.1) is 25.2 Å². The second-order valence-corrected chi connectivity index (χ2v) is 3.53. The minimum absolute atomic E-state index is 0.255. The summed E-state index contributed by atoms with van der Waals surface area (Å²) in [6, 6.07) is 5.93. The lowest BCUT2D eigenvalue weighted by Gasteiger charge is -2.14. The number of hydrogen-bond acceptors (Lipinski definition) is 3. The molecular formula is C12H16N2O. The van der Waals surface area contributed by atoms with Gasteiger partial charge in [-0.3, -0.25) is 0 Å². The van der Waals surface area contributed by atoms with Crippen LogP contribution in [0.4, 0.5) is 0 Å². The van der Waals surface area contributed by atoms with Crippen LogP contribution >= 0.6 is 0 Å². The minimum atomic E-state index is -0.255. The molecule has 0 bridgehead atoms. The van der Waals surface area contributed by atoms with Gasteiger partial charge in [-0.15, -0.1) is 0 Å². The Kier molecular flexibility index (Phi) is 3.70. The average Bonchev–Trinajstić information content (AvgIpc) is 2.24. The molecule has 1 atom stereocenters. The van der Waals surface area contributed by atoms with E-state index in [1.807, 2.05) is 26.0 Å². The molecule has 0 radical (unpaired) electrons. The lowest BCUT2D eigenvalue weighted by molar-refractivity contribution is 0.411. The van der Waals surface area contributed by atoms with Crippen LogP contribution in [0.2, 0.25) is 0 Å². The van der Waals surface area contributed by atoms with Crippen LogP contribution < -0.4 is 10.1 Å². The second kappa shape index (κ2) is 4.81. The molecule has 0 saturated carbocycles. The maximum atomic E-state index is 8.98. The van der Waals surface area contributed by atoms with Crippen molar-refractivity contribution in [3.05, 3.63) is 28.8 Å². The molecule has 1 unspecified atom stereocenters. The van der Waals surface area contributed by atoms with Crippen molar-refractivity contribution < 1.29 is 4.74 Å². The van der Waals surface area contributed by atoms with Gasteiger partial charge in [-0.05, 0) is 49.7 Å². The zero-order valence-corrected chi connectivity index (χ0v) is 9.59. The van der Waals surface area contributed by atoms with E-state index >= 15 is 0 Å². The van der Waals surface area contributed by atoms with Gasteiger partial charge in [0.1, 0.15) is 11.8 Å². The topological polar surface area (TPSA) is 45.0 Å². The van der Waals surface area contributed by atoms with Gasteiger partial charge in [0.05, 0.1) is 13.2 Å². The van der Waals surface area contributed by atoms with E-state index in [4.69, 9.17) is 10.00 Å². The molecule has 0 fully saturated rings. The number of ether oxygens (including phenoxy) is 1. The molecule has 1 N–H and O–H groups in total. The summed E-state index contributed by atoms with van der Waals surface area (Å²) in [4.78, 5) is 0. The summed E-state index contributed by atoms with van der Waals surface area (Å²) in [6.07, 6.45) is 0. The number of rotatable bonds is 3. The van der Waals surface area contributed by atoms with E-state index in [0.717, 1.165) is 22.4 Å². The van der Waals surface area contributed by atoms with Gasteiger partial charge in [0.15, 0.2) is 0 Å². The number of hydrogen-bond donors (Lipinski definition) is 1. The Morgan fingerprint density at radius 3 is 2.47 bits per heavy atom. The van der Waals surface area contributed by atoms with Gasteiger partial charge in [0.2, 0.25) is 0 Å². The molecule has 0 aromatic heterocycles. The summed E-state index contributed by atoms with van der Waals surface area (Å²) >= 11 is 0. The quantitative estimate of drug-likeness (QED) is 0.820. The normalized spacial score (nSPS) is 11.9. The molecular weight excluding hydrogens is 188 g/mol. The molecule has 0 aliphatic rings. The smallest absolute Gasteiger partial charge is 0.122 e. The van der Waals surface area contributed by atoms with E-state index in [1.165, 1.54) is 0 Å². The summed E-state index contributed by atoms with van der Waals surface area (Å²) in [5.41, 5.74) is 3.13. The summed E-state index contributed by atoms with van der Waals surface area (Å²) in [7, 11) is 3.44.